The van der Waals surface area contributed by atoms with Gasteiger partial charge in [0, 0.05) is 12.1 Å². The van der Waals surface area contributed by atoms with Gasteiger partial charge in [-0.2, -0.15) is 0 Å². The largest absolute Gasteiger partial charge is 0.399 e. The fourth-order valence-electron chi connectivity index (χ4n) is 2.89. The predicted molar refractivity (Wildman–Crippen MR) is 84.8 cm³/mol. The smallest absolute Gasteiger partial charge is 0.240 e. The number of nitrogens with zero attached hydrogens (tertiary/aromatic N) is 1. The van der Waals surface area contributed by atoms with Crippen molar-refractivity contribution in [3.8, 4) is 0 Å². The summed E-state index contributed by atoms with van der Waals surface area (Å²) < 4.78 is 0. The van der Waals surface area contributed by atoms with Crippen molar-refractivity contribution in [3.05, 3.63) is 65.7 Å². The molecule has 2 aromatic carbocycles. The van der Waals surface area contributed by atoms with Crippen LogP contribution in [0.3, 0.4) is 0 Å². The summed E-state index contributed by atoms with van der Waals surface area (Å²) in [6.45, 7) is 2.15. The van der Waals surface area contributed by atoms with E-state index in [4.69, 9.17) is 5.73 Å². The van der Waals surface area contributed by atoms with Crippen molar-refractivity contribution in [1.29, 1.82) is 0 Å². The summed E-state index contributed by atoms with van der Waals surface area (Å²) >= 11 is 0. The highest BCUT2D eigenvalue weighted by atomic mass is 16.2. The Labute approximate surface area is 129 Å². The second kappa shape index (κ2) is 5.30. The Morgan fingerprint density at radius 1 is 1.05 bits per heavy atom. The number of carbonyl (C=O) groups is 2. The zero-order valence-corrected chi connectivity index (χ0v) is 12.5. The third kappa shape index (κ3) is 2.37. The van der Waals surface area contributed by atoms with Crippen molar-refractivity contribution >= 4 is 17.5 Å². The van der Waals surface area contributed by atoms with Crippen LogP contribution in [0.4, 0.5) is 5.69 Å². The number of nitrogens with two attached hydrogens (primary N) is 1. The van der Waals surface area contributed by atoms with Crippen LogP contribution in [0.2, 0.25) is 0 Å². The molecule has 1 atom stereocenters. The SMILES string of the molecule is C[C@@]1(c2ccc(N)cc2)CC(=O)N(Cc2ccccc2)C1=O. The first-order valence-corrected chi connectivity index (χ1v) is 7.25. The van der Waals surface area contributed by atoms with E-state index < -0.39 is 5.41 Å². The Kier molecular flexibility index (Phi) is 3.45. The average molecular weight is 294 g/mol. The minimum absolute atomic E-state index is 0.131. The molecule has 0 saturated carbocycles. The summed E-state index contributed by atoms with van der Waals surface area (Å²) in [5, 5.41) is 0. The van der Waals surface area contributed by atoms with Crippen LogP contribution in [0, 0.1) is 0 Å². The van der Waals surface area contributed by atoms with Crippen LogP contribution < -0.4 is 5.73 Å². The van der Waals surface area contributed by atoms with E-state index in [9.17, 15) is 9.59 Å². The van der Waals surface area contributed by atoms with E-state index in [2.05, 4.69) is 0 Å². The Balaban J connectivity index is 1.89. The van der Waals surface area contributed by atoms with E-state index in [0.29, 0.717) is 12.2 Å². The first-order chi connectivity index (χ1) is 10.5. The summed E-state index contributed by atoms with van der Waals surface area (Å²) in [6.07, 6.45) is 0.197. The van der Waals surface area contributed by atoms with Crippen molar-refractivity contribution in [2.75, 3.05) is 5.73 Å². The summed E-state index contributed by atoms with van der Waals surface area (Å²) in [5.41, 5.74) is 7.31. The van der Waals surface area contributed by atoms with Crippen LogP contribution in [-0.4, -0.2) is 16.7 Å². The van der Waals surface area contributed by atoms with E-state index in [1.165, 1.54) is 4.90 Å². The number of rotatable bonds is 3. The first-order valence-electron chi connectivity index (χ1n) is 7.25. The molecule has 0 unspecified atom stereocenters. The molecule has 2 aromatic rings. The molecule has 1 heterocycles. The lowest BCUT2D eigenvalue weighted by Crippen LogP contribution is -2.36. The van der Waals surface area contributed by atoms with Crippen LogP contribution in [0.15, 0.2) is 54.6 Å². The third-order valence-corrected chi connectivity index (χ3v) is 4.25. The van der Waals surface area contributed by atoms with E-state index in [1.54, 1.807) is 12.1 Å². The van der Waals surface area contributed by atoms with Gasteiger partial charge in [0.2, 0.25) is 11.8 Å². The molecule has 3 rings (SSSR count). The second-order valence-corrected chi connectivity index (χ2v) is 5.90. The van der Waals surface area contributed by atoms with Gasteiger partial charge in [-0.3, -0.25) is 14.5 Å². The topological polar surface area (TPSA) is 63.4 Å². The molecule has 2 amide bonds. The molecule has 1 aliphatic rings. The molecule has 0 aromatic heterocycles. The predicted octanol–water partition coefficient (Wildman–Crippen LogP) is 2.49. The molecule has 1 fully saturated rings. The standard InChI is InChI=1S/C18H18N2O2/c1-18(14-7-9-15(19)10-8-14)11-16(21)20(17(18)22)12-13-5-3-2-4-6-13/h2-10H,11-12,19H2,1H3/t18-/m0/s1. The minimum atomic E-state index is -0.806. The number of hydrogen-bond donors (Lipinski definition) is 1. The zero-order valence-electron chi connectivity index (χ0n) is 12.5. The molecular weight excluding hydrogens is 276 g/mol. The average Bonchev–Trinajstić information content (AvgIpc) is 2.73. The van der Waals surface area contributed by atoms with Gasteiger partial charge in [0.25, 0.3) is 0 Å². The normalized spacial score (nSPS) is 21.4. The molecule has 0 spiro atoms. The van der Waals surface area contributed by atoms with Gasteiger partial charge in [0.05, 0.1) is 12.0 Å². The zero-order chi connectivity index (χ0) is 15.7. The Bertz CT molecular complexity index is 710. The van der Waals surface area contributed by atoms with E-state index in [1.807, 2.05) is 49.4 Å². The fourth-order valence-corrected chi connectivity index (χ4v) is 2.89. The van der Waals surface area contributed by atoms with Gasteiger partial charge in [0.15, 0.2) is 0 Å². The van der Waals surface area contributed by atoms with Gasteiger partial charge in [-0.05, 0) is 30.2 Å². The van der Waals surface area contributed by atoms with E-state index in [0.717, 1.165) is 11.1 Å². The number of likely N-dealkylation sites (tertiary alicyclic amines) is 1. The third-order valence-electron chi connectivity index (χ3n) is 4.25. The maximum Gasteiger partial charge on any atom is 0.240 e. The highest BCUT2D eigenvalue weighted by molar-refractivity contribution is 6.08. The summed E-state index contributed by atoms with van der Waals surface area (Å²) in [5.74, 6) is -0.278. The van der Waals surface area contributed by atoms with Crippen molar-refractivity contribution in [3.63, 3.8) is 0 Å². The maximum absolute atomic E-state index is 12.8. The summed E-state index contributed by atoms with van der Waals surface area (Å²) in [4.78, 5) is 26.5. The number of carbonyl (C=O) groups excluding carboxylic acids is 2. The quantitative estimate of drug-likeness (QED) is 0.698. The molecule has 0 radical (unpaired) electrons. The van der Waals surface area contributed by atoms with Gasteiger partial charge in [0.1, 0.15) is 0 Å². The van der Waals surface area contributed by atoms with Crippen LogP contribution in [0.5, 0.6) is 0 Å². The number of nitrogen functional groups attached to an aromatic ring is 1. The minimum Gasteiger partial charge on any atom is -0.399 e. The van der Waals surface area contributed by atoms with E-state index in [-0.39, 0.29) is 18.2 Å². The van der Waals surface area contributed by atoms with Crippen LogP contribution in [-0.2, 0) is 21.5 Å². The first kappa shape index (κ1) is 14.3. The Hall–Kier alpha value is -2.62. The van der Waals surface area contributed by atoms with Crippen LogP contribution in [0.25, 0.3) is 0 Å². The lowest BCUT2D eigenvalue weighted by molar-refractivity contribution is -0.140. The van der Waals surface area contributed by atoms with Gasteiger partial charge in [-0.15, -0.1) is 0 Å². The molecule has 22 heavy (non-hydrogen) atoms. The molecule has 4 nitrogen and oxygen atoms in total. The molecule has 1 saturated heterocycles. The Morgan fingerprint density at radius 2 is 1.68 bits per heavy atom. The number of anilines is 1. The highest BCUT2D eigenvalue weighted by Gasteiger charge is 2.49. The van der Waals surface area contributed by atoms with Gasteiger partial charge >= 0.3 is 0 Å². The van der Waals surface area contributed by atoms with Crippen molar-refractivity contribution in [2.24, 2.45) is 0 Å². The van der Waals surface area contributed by atoms with Crippen molar-refractivity contribution in [1.82, 2.24) is 4.90 Å². The van der Waals surface area contributed by atoms with Crippen LogP contribution >= 0.6 is 0 Å². The number of benzene rings is 2. The number of imide groups is 1. The second-order valence-electron chi connectivity index (χ2n) is 5.90. The number of hydrogen-bond acceptors (Lipinski definition) is 3. The monoisotopic (exact) mass is 294 g/mol. The summed E-state index contributed by atoms with van der Waals surface area (Å²) in [6, 6.07) is 16.7. The maximum atomic E-state index is 12.8. The molecule has 1 aliphatic heterocycles. The Morgan fingerprint density at radius 3 is 2.32 bits per heavy atom. The fraction of sp³-hybridized carbons (Fsp3) is 0.222. The number of amides is 2. The van der Waals surface area contributed by atoms with Gasteiger partial charge in [-0.25, -0.2) is 0 Å². The van der Waals surface area contributed by atoms with Crippen molar-refractivity contribution < 1.29 is 9.59 Å². The van der Waals surface area contributed by atoms with Gasteiger partial charge < -0.3 is 5.73 Å². The molecular formula is C18H18N2O2. The lowest BCUT2D eigenvalue weighted by Gasteiger charge is -2.23. The molecule has 4 heteroatoms. The van der Waals surface area contributed by atoms with Crippen molar-refractivity contribution in [2.45, 2.75) is 25.3 Å². The molecule has 0 aliphatic carbocycles. The highest BCUT2D eigenvalue weighted by Crippen LogP contribution is 2.37. The molecule has 2 N–H and O–H groups in total. The van der Waals surface area contributed by atoms with Gasteiger partial charge in [-0.1, -0.05) is 42.5 Å². The van der Waals surface area contributed by atoms with Crippen LogP contribution in [0.1, 0.15) is 24.5 Å². The molecule has 0 bridgehead atoms. The molecule has 112 valence electrons. The lowest BCUT2D eigenvalue weighted by atomic mass is 9.81. The van der Waals surface area contributed by atoms with E-state index >= 15 is 0 Å². The summed E-state index contributed by atoms with van der Waals surface area (Å²) in [7, 11) is 0.